The number of aromatic carboxylic acids is 1. The highest BCUT2D eigenvalue weighted by Crippen LogP contribution is 2.17. The van der Waals surface area contributed by atoms with Gasteiger partial charge >= 0.3 is 0 Å². The Labute approximate surface area is 147 Å². The van der Waals surface area contributed by atoms with Gasteiger partial charge in [0.1, 0.15) is 0 Å². The Morgan fingerprint density at radius 3 is 2.32 bits per heavy atom. The van der Waals surface area contributed by atoms with Crippen molar-refractivity contribution in [1.29, 1.82) is 0 Å². The molecule has 0 aliphatic heterocycles. The topological polar surface area (TPSA) is 99.9 Å². The molecule has 0 radical (unpaired) electrons. The van der Waals surface area contributed by atoms with Gasteiger partial charge in [-0.25, -0.2) is 4.68 Å². The van der Waals surface area contributed by atoms with Crippen molar-refractivity contribution < 1.29 is 14.7 Å². The second kappa shape index (κ2) is 6.74. The minimum atomic E-state index is -1.28. The van der Waals surface area contributed by atoms with Gasteiger partial charge in [-0.15, -0.1) is 5.10 Å². The third kappa shape index (κ3) is 3.51. The van der Waals surface area contributed by atoms with E-state index in [2.05, 4.69) is 15.6 Å². The summed E-state index contributed by atoms with van der Waals surface area (Å²) in [4.78, 5) is 23.1. The fourth-order valence-corrected chi connectivity index (χ4v) is 2.37. The van der Waals surface area contributed by atoms with E-state index in [4.69, 9.17) is 11.6 Å². The number of carbonyl (C=O) groups excluding carboxylic acids is 2. The van der Waals surface area contributed by atoms with Crippen molar-refractivity contribution in [1.82, 2.24) is 15.0 Å². The summed E-state index contributed by atoms with van der Waals surface area (Å²) in [5.74, 6) is -1.72. The molecule has 0 fully saturated rings. The summed E-state index contributed by atoms with van der Waals surface area (Å²) in [6, 6.07) is 12.6. The maximum atomic E-state index is 12.4. The number of carboxylic acids is 1. The van der Waals surface area contributed by atoms with Crippen molar-refractivity contribution in [3.05, 3.63) is 70.5 Å². The number of carboxylic acid groups (broad SMARTS) is 1. The van der Waals surface area contributed by atoms with Gasteiger partial charge in [0, 0.05) is 10.7 Å². The molecule has 0 saturated carbocycles. The molecule has 1 amide bonds. The van der Waals surface area contributed by atoms with E-state index in [9.17, 15) is 14.7 Å². The summed E-state index contributed by atoms with van der Waals surface area (Å²) < 4.78 is 1.53. The summed E-state index contributed by atoms with van der Waals surface area (Å²) in [6.07, 6.45) is 0. The molecule has 126 valence electrons. The number of aromatic nitrogens is 3. The van der Waals surface area contributed by atoms with Crippen LogP contribution in [0.1, 0.15) is 26.5 Å². The number of hydrogen-bond acceptors (Lipinski definition) is 5. The molecule has 3 aromatic rings. The average Bonchev–Trinajstić information content (AvgIpc) is 2.98. The summed E-state index contributed by atoms with van der Waals surface area (Å²) in [7, 11) is 0. The molecule has 0 unspecified atom stereocenters. The van der Waals surface area contributed by atoms with Crippen molar-refractivity contribution in [3.63, 3.8) is 0 Å². The monoisotopic (exact) mass is 355 g/mol. The van der Waals surface area contributed by atoms with E-state index < -0.39 is 11.9 Å². The molecule has 0 atom stereocenters. The zero-order chi connectivity index (χ0) is 18.0. The second-order valence-electron chi connectivity index (χ2n) is 5.23. The lowest BCUT2D eigenvalue weighted by Crippen LogP contribution is -2.22. The van der Waals surface area contributed by atoms with Crippen LogP contribution in [0.5, 0.6) is 0 Å². The number of hydrogen-bond donors (Lipinski definition) is 1. The van der Waals surface area contributed by atoms with E-state index in [0.29, 0.717) is 16.4 Å². The molecule has 0 bridgehead atoms. The second-order valence-corrected chi connectivity index (χ2v) is 5.67. The van der Waals surface area contributed by atoms with Gasteiger partial charge < -0.3 is 15.2 Å². The van der Waals surface area contributed by atoms with Crippen LogP contribution in [0.4, 0.5) is 5.69 Å². The Hall–Kier alpha value is -3.19. The van der Waals surface area contributed by atoms with Gasteiger partial charge in [-0.3, -0.25) is 4.79 Å². The van der Waals surface area contributed by atoms with Crippen LogP contribution >= 0.6 is 11.6 Å². The largest absolute Gasteiger partial charge is 0.545 e. The minimum absolute atomic E-state index is 0.0304. The average molecular weight is 356 g/mol. The maximum Gasteiger partial charge on any atom is 0.278 e. The molecule has 2 aromatic carbocycles. The lowest BCUT2D eigenvalue weighted by Gasteiger charge is -2.07. The molecular formula is C17H12ClN4O3-. The van der Waals surface area contributed by atoms with Gasteiger partial charge in [0.05, 0.1) is 17.4 Å². The van der Waals surface area contributed by atoms with Gasteiger partial charge in [-0.05, 0) is 48.9 Å². The molecular weight excluding hydrogens is 344 g/mol. The van der Waals surface area contributed by atoms with Crippen LogP contribution in [0, 0.1) is 6.92 Å². The normalized spacial score (nSPS) is 10.5. The Balaban J connectivity index is 1.81. The number of nitrogens with zero attached hydrogens (tertiary/aromatic N) is 3. The molecule has 0 aliphatic rings. The Bertz CT molecular complexity index is 934. The predicted molar refractivity (Wildman–Crippen MR) is 89.8 cm³/mol. The standard InChI is InChI=1S/C17H13ClN4O3/c1-10-15(20-21-22(10)14-8-4-12(18)5-9-14)16(23)19-13-6-2-11(3-7-13)17(24)25/h2-9H,1H3,(H,19,23)(H,24,25)/p-1. The first kappa shape index (κ1) is 16.7. The zero-order valence-corrected chi connectivity index (χ0v) is 13.8. The third-order valence-electron chi connectivity index (χ3n) is 3.56. The van der Waals surface area contributed by atoms with E-state index in [1.54, 1.807) is 31.2 Å². The van der Waals surface area contributed by atoms with Gasteiger partial charge in [0.2, 0.25) is 0 Å². The Morgan fingerprint density at radius 1 is 1.08 bits per heavy atom. The first-order chi connectivity index (χ1) is 12.0. The van der Waals surface area contributed by atoms with Gasteiger partial charge in [-0.1, -0.05) is 28.9 Å². The van der Waals surface area contributed by atoms with Crippen LogP contribution < -0.4 is 10.4 Å². The smallest absolute Gasteiger partial charge is 0.278 e. The molecule has 0 saturated heterocycles. The first-order valence-corrected chi connectivity index (χ1v) is 7.64. The van der Waals surface area contributed by atoms with E-state index in [1.165, 1.54) is 28.9 Å². The van der Waals surface area contributed by atoms with Crippen LogP contribution in [0.3, 0.4) is 0 Å². The summed E-state index contributed by atoms with van der Waals surface area (Å²) >= 11 is 5.87. The van der Waals surface area contributed by atoms with Crippen LogP contribution in [-0.2, 0) is 0 Å². The van der Waals surface area contributed by atoms with E-state index in [1.807, 2.05) is 0 Å². The van der Waals surface area contributed by atoms with Crippen molar-refractivity contribution >= 4 is 29.2 Å². The van der Waals surface area contributed by atoms with Crippen molar-refractivity contribution in [3.8, 4) is 5.69 Å². The van der Waals surface area contributed by atoms with Crippen molar-refractivity contribution in [2.45, 2.75) is 6.92 Å². The Kier molecular flexibility index (Phi) is 4.49. The van der Waals surface area contributed by atoms with Crippen LogP contribution in [-0.4, -0.2) is 26.9 Å². The molecule has 1 heterocycles. The number of nitrogens with one attached hydrogen (secondary N) is 1. The van der Waals surface area contributed by atoms with Crippen molar-refractivity contribution in [2.24, 2.45) is 0 Å². The maximum absolute atomic E-state index is 12.4. The number of benzene rings is 2. The third-order valence-corrected chi connectivity index (χ3v) is 3.81. The number of amides is 1. The molecule has 8 heteroatoms. The Morgan fingerprint density at radius 2 is 1.72 bits per heavy atom. The fraction of sp³-hybridized carbons (Fsp3) is 0.0588. The number of halogens is 1. The highest BCUT2D eigenvalue weighted by molar-refractivity contribution is 6.30. The lowest BCUT2D eigenvalue weighted by molar-refractivity contribution is -0.255. The predicted octanol–water partition coefficient (Wildman–Crippen LogP) is 1.84. The van der Waals surface area contributed by atoms with E-state index in [-0.39, 0.29) is 11.3 Å². The zero-order valence-electron chi connectivity index (χ0n) is 13.1. The van der Waals surface area contributed by atoms with Gasteiger partial charge in [-0.2, -0.15) is 0 Å². The van der Waals surface area contributed by atoms with E-state index in [0.717, 1.165) is 5.69 Å². The summed E-state index contributed by atoms with van der Waals surface area (Å²) in [5.41, 5.74) is 1.93. The number of rotatable bonds is 4. The lowest BCUT2D eigenvalue weighted by atomic mass is 10.2. The highest BCUT2D eigenvalue weighted by Gasteiger charge is 2.17. The molecule has 0 aliphatic carbocycles. The number of anilines is 1. The van der Waals surface area contributed by atoms with Crippen LogP contribution in [0.2, 0.25) is 5.02 Å². The number of carbonyl (C=O) groups is 2. The highest BCUT2D eigenvalue weighted by atomic mass is 35.5. The van der Waals surface area contributed by atoms with Gasteiger partial charge in [0.15, 0.2) is 5.69 Å². The molecule has 1 aromatic heterocycles. The minimum Gasteiger partial charge on any atom is -0.545 e. The SMILES string of the molecule is Cc1c(C(=O)Nc2ccc(C(=O)[O-])cc2)nnn1-c1ccc(Cl)cc1. The molecule has 7 nitrogen and oxygen atoms in total. The summed E-state index contributed by atoms with van der Waals surface area (Å²) in [5, 5.41) is 21.9. The van der Waals surface area contributed by atoms with Gasteiger partial charge in [0.25, 0.3) is 5.91 Å². The van der Waals surface area contributed by atoms with Crippen LogP contribution in [0.15, 0.2) is 48.5 Å². The fourth-order valence-electron chi connectivity index (χ4n) is 2.25. The molecule has 1 N–H and O–H groups in total. The quantitative estimate of drug-likeness (QED) is 0.769. The summed E-state index contributed by atoms with van der Waals surface area (Å²) in [6.45, 7) is 1.72. The van der Waals surface area contributed by atoms with Crippen molar-refractivity contribution in [2.75, 3.05) is 5.32 Å². The molecule has 0 spiro atoms. The van der Waals surface area contributed by atoms with Crippen LogP contribution in [0.25, 0.3) is 5.69 Å². The molecule has 3 rings (SSSR count). The molecule has 25 heavy (non-hydrogen) atoms. The van der Waals surface area contributed by atoms with E-state index >= 15 is 0 Å². The first-order valence-electron chi connectivity index (χ1n) is 7.26.